The fourth-order valence-corrected chi connectivity index (χ4v) is 1.19. The fourth-order valence-electron chi connectivity index (χ4n) is 1.19. The van der Waals surface area contributed by atoms with Gasteiger partial charge in [0.2, 0.25) is 0 Å². The van der Waals surface area contributed by atoms with E-state index in [2.05, 4.69) is 24.6 Å². The summed E-state index contributed by atoms with van der Waals surface area (Å²) in [5.74, 6) is 0. The molecule has 0 aliphatic heterocycles. The third-order valence-corrected chi connectivity index (χ3v) is 2.05. The Bertz CT molecular complexity index is 346. The van der Waals surface area contributed by atoms with E-state index in [0.717, 1.165) is 11.1 Å². The van der Waals surface area contributed by atoms with Gasteiger partial charge in [-0.2, -0.15) is 0 Å². The van der Waals surface area contributed by atoms with E-state index in [0.29, 0.717) is 19.8 Å². The number of hydrogen-bond donors (Lipinski definition) is 2. The number of carbonyl (C=O) groups is 1. The Hall–Kier alpha value is 7.28. The maximum atomic E-state index is 10.9. The number of ether oxygens (including phenoxy) is 1. The van der Waals surface area contributed by atoms with Crippen LogP contribution in [0.4, 0.5) is 4.79 Å². The zero-order valence-corrected chi connectivity index (χ0v) is 38.5. The van der Waals surface area contributed by atoms with E-state index in [1.54, 1.807) is 0 Å². The summed E-state index contributed by atoms with van der Waals surface area (Å²) in [5, 5.41) is 4.90. The van der Waals surface area contributed by atoms with Crippen molar-refractivity contribution in [3.8, 4) is 0 Å². The van der Waals surface area contributed by atoms with E-state index < -0.39 is 0 Å². The molecule has 0 atom stereocenters. The van der Waals surface area contributed by atoms with E-state index in [-0.39, 0.29) is 268 Å². The van der Waals surface area contributed by atoms with Gasteiger partial charge in [0.15, 0.2) is 0 Å². The molecule has 126 valence electrons. The second-order valence-corrected chi connectivity index (χ2v) is 3.23. The van der Waals surface area contributed by atoms with Crippen LogP contribution in [0, 0.1) is 14.0 Å². The molecule has 0 spiro atoms. The van der Waals surface area contributed by atoms with Crippen molar-refractivity contribution in [3.63, 3.8) is 0 Å². The smallest absolute Gasteiger partial charge is 0.285 e. The second kappa shape index (κ2) is 45.7. The van der Waals surface area contributed by atoms with E-state index in [4.69, 9.17) is 4.74 Å². The van der Waals surface area contributed by atoms with Crippen molar-refractivity contribution >= 4 is 6.03 Å². The molecule has 26 heavy (non-hydrogen) atoms. The molecule has 2 amide bonds. The molecule has 0 unspecified atom stereocenters. The van der Waals surface area contributed by atoms with Crippen molar-refractivity contribution in [2.45, 2.75) is 27.0 Å². The van der Waals surface area contributed by atoms with Crippen molar-refractivity contribution in [2.75, 3.05) is 6.61 Å². The zero-order valence-electron chi connectivity index (χ0n) is 15.8. The topological polar surface area (TPSA) is 50.4 Å². The van der Waals surface area contributed by atoms with Gasteiger partial charge in [0, 0.05) is 268 Å². The predicted octanol–water partition coefficient (Wildman–Crippen LogP) is 2.63. The largest absolute Gasteiger partial charge is 0.490 e. The molecule has 8 radical (unpaired) electrons. The summed E-state index contributed by atoms with van der Waals surface area (Å²) < 4.78 is 5.18. The Kier molecular flexibility index (Phi) is 103. The van der Waals surface area contributed by atoms with Crippen molar-refractivity contribution in [1.82, 2.24) is 10.6 Å². The molecule has 0 aliphatic carbocycles. The minimum atomic E-state index is -0.288. The van der Waals surface area contributed by atoms with Crippen LogP contribution in [0.5, 0.6) is 0 Å². The molecule has 1 aromatic rings. The maximum Gasteiger partial charge on any atom is 0.285 e. The number of carbonyl (C=O) groups excluding carboxylic acids is 1. The summed E-state index contributed by atoms with van der Waals surface area (Å²) in [7, 11) is 3.26. The predicted molar refractivity (Wildman–Crippen MR) is 73.5 cm³/mol. The molecule has 0 fully saturated rings. The molecule has 2 N–H and O–H groups in total. The number of urea groups is 1. The van der Waals surface area contributed by atoms with Crippen LogP contribution in [0.2, 0.25) is 0 Å². The summed E-state index contributed by atoms with van der Waals surface area (Å²) in [5.41, 5.74) is 2.12. The van der Waals surface area contributed by atoms with Crippen LogP contribution in [0.3, 0.4) is 0 Å². The Morgan fingerprint density at radius 3 is 1.62 bits per heavy atom. The molecule has 12 heteroatoms. The summed E-state index contributed by atoms with van der Waals surface area (Å²) in [6, 6.07) is 7.55. The van der Waals surface area contributed by atoms with Gasteiger partial charge in [0.05, 0.1) is 6.61 Å². The quantitative estimate of drug-likeness (QED) is 0.447. The van der Waals surface area contributed by atoms with Gasteiger partial charge in [0.25, 0.3) is 6.03 Å². The summed E-state index contributed by atoms with van der Waals surface area (Å²) in [6.45, 7) is 9.11. The molecule has 0 saturated heterocycles. The molecule has 1 rings (SSSR count). The first-order valence-electron chi connectivity index (χ1n) is 6.02. The number of benzene rings is 1. The Morgan fingerprint density at radius 1 is 0.885 bits per heavy atom. The molecule has 1 aromatic carbocycles. The average molecular weight is 962 g/mol. The van der Waals surface area contributed by atoms with Crippen molar-refractivity contribution in [2.24, 2.45) is 0 Å². The van der Waals surface area contributed by atoms with Crippen molar-refractivity contribution < 1.29 is 271 Å². The Balaban J connectivity index is -0.0000000399. The number of rotatable bonds is 5. The third-order valence-electron chi connectivity index (χ3n) is 2.05. The molecule has 4 nitrogen and oxygen atoms in total. The second-order valence-electron chi connectivity index (χ2n) is 3.23. The standard InChI is InChI=1S/C12H16N2O2.C2H6.8Y/c1-3-16-9-11-6-4-10(5-7-11)8-14-12(15)13-2;1-2;;;;;;;;/h4-7H,1-3,8-9H2,(H2,13,14,15);1-2H3;;;;;;;;/q-2;;;;;;;;;. The first kappa shape index (κ1) is 58.8. The summed E-state index contributed by atoms with van der Waals surface area (Å²) in [6.07, 6.45) is 0. The van der Waals surface area contributed by atoms with Crippen LogP contribution in [0.1, 0.15) is 25.0 Å². The first-order valence-corrected chi connectivity index (χ1v) is 6.02. The molecule has 0 aliphatic rings. The maximum absolute atomic E-state index is 10.9. The van der Waals surface area contributed by atoms with Gasteiger partial charge >= 0.3 is 0 Å². The molecule has 0 heterocycles. The zero-order chi connectivity index (χ0) is 13.8. The van der Waals surface area contributed by atoms with Gasteiger partial charge in [-0.15, -0.1) is 0 Å². The van der Waals surface area contributed by atoms with Gasteiger partial charge in [0.1, 0.15) is 0 Å². The van der Waals surface area contributed by atoms with Gasteiger partial charge in [-0.05, 0) is 11.1 Å². The Labute approximate surface area is 361 Å². The van der Waals surface area contributed by atoms with E-state index >= 15 is 0 Å². The molecular weight excluding hydrogens is 939 g/mol. The minimum absolute atomic E-state index is 0. The van der Waals surface area contributed by atoms with E-state index in [1.807, 2.05) is 38.1 Å². The van der Waals surface area contributed by atoms with Gasteiger partial charge < -0.3 is 22.3 Å². The molecule has 0 bridgehead atoms. The minimum Gasteiger partial charge on any atom is -0.490 e. The summed E-state index contributed by atoms with van der Waals surface area (Å²) >= 11 is 0. The SMILES string of the molecule is CC.[CH2-]COCc1ccc(CNC(=O)N[CH2-])cc1.[Y].[Y].[Y].[Y].[Y].[Y].[Y].[Y]. The Morgan fingerprint density at radius 2 is 1.27 bits per heavy atom. The van der Waals surface area contributed by atoms with Crippen LogP contribution in [-0.2, 0) is 280 Å². The first-order chi connectivity index (χ1) is 8.76. The van der Waals surface area contributed by atoms with Crippen LogP contribution in [-0.4, -0.2) is 12.6 Å². The number of amides is 2. The van der Waals surface area contributed by atoms with Crippen molar-refractivity contribution in [1.29, 1.82) is 0 Å². The van der Waals surface area contributed by atoms with Gasteiger partial charge in [-0.3, -0.25) is 11.8 Å². The normalized spacial score (nSPS) is 6.31. The van der Waals surface area contributed by atoms with Crippen LogP contribution in [0.25, 0.3) is 0 Å². The monoisotopic (exact) mass is 961 g/mol. The molecular formula is C14H22N2O2Y8-2. The van der Waals surface area contributed by atoms with Crippen LogP contribution < -0.4 is 10.6 Å². The molecule has 0 aromatic heterocycles. The van der Waals surface area contributed by atoms with Gasteiger partial charge in [-0.1, -0.05) is 44.7 Å². The fraction of sp³-hybridized carbons (Fsp3) is 0.357. The average Bonchev–Trinajstić information content (AvgIpc) is 2.45. The number of nitrogens with one attached hydrogen (secondary N) is 2. The third kappa shape index (κ3) is 35.9. The summed E-state index contributed by atoms with van der Waals surface area (Å²) in [4.78, 5) is 10.9. The van der Waals surface area contributed by atoms with E-state index in [9.17, 15) is 4.79 Å². The van der Waals surface area contributed by atoms with Gasteiger partial charge in [-0.25, -0.2) is 0 Å². The number of hydrogen-bond acceptors (Lipinski definition) is 2. The van der Waals surface area contributed by atoms with Crippen molar-refractivity contribution in [3.05, 3.63) is 49.4 Å². The van der Waals surface area contributed by atoms with Crippen LogP contribution >= 0.6 is 0 Å². The van der Waals surface area contributed by atoms with Crippen LogP contribution in [0.15, 0.2) is 24.3 Å². The molecule has 0 saturated carbocycles. The van der Waals surface area contributed by atoms with E-state index in [1.165, 1.54) is 0 Å².